The van der Waals surface area contributed by atoms with E-state index in [0.29, 0.717) is 24.1 Å². The molecule has 3 atom stereocenters. The molecular weight excluding hydrogens is 608 g/mol. The average molecular weight is 642 g/mol. The second kappa shape index (κ2) is 12.1. The third-order valence-corrected chi connectivity index (χ3v) is 9.96. The standard InChI is InChI=1S/C35H33F2N5O3S/c1-19-7-3-4-8-24(19)22-14-29(34(45)41-20(2)30-15-23(18-46-30)32(38)39)42(17-22)31(43)16-40-33(44)21-11-12-28-26(13-21)25-9-5-6-10-27(25)35(28,36)37/h3-13,15,18,20,22,29H,14,16-17H2,1-2H3,(H3,38,39)(H,40,44)(H,41,45)/t20?,22-,29-/m0/s1. The number of fused-ring (bicyclic) bond motifs is 3. The maximum absolute atomic E-state index is 15.0. The van der Waals surface area contributed by atoms with Crippen molar-refractivity contribution in [1.29, 1.82) is 5.41 Å². The molecule has 3 amide bonds. The molecule has 2 aliphatic rings. The molecule has 46 heavy (non-hydrogen) atoms. The van der Waals surface area contributed by atoms with E-state index in [1.807, 2.05) is 38.1 Å². The van der Waals surface area contributed by atoms with Crippen LogP contribution in [0.1, 0.15) is 68.4 Å². The zero-order chi connectivity index (χ0) is 32.7. The molecule has 6 rings (SSSR count). The van der Waals surface area contributed by atoms with Gasteiger partial charge in [-0.1, -0.05) is 54.6 Å². The lowest BCUT2D eigenvalue weighted by Gasteiger charge is -2.25. The Kier molecular flexibility index (Phi) is 8.20. The van der Waals surface area contributed by atoms with E-state index in [1.165, 1.54) is 40.5 Å². The topological polar surface area (TPSA) is 128 Å². The van der Waals surface area contributed by atoms with Gasteiger partial charge in [0.25, 0.3) is 11.8 Å². The number of nitrogen functional groups attached to an aromatic ring is 1. The van der Waals surface area contributed by atoms with Crippen molar-refractivity contribution in [3.63, 3.8) is 0 Å². The molecule has 1 aromatic heterocycles. The van der Waals surface area contributed by atoms with Gasteiger partial charge in [-0.25, -0.2) is 0 Å². The van der Waals surface area contributed by atoms with Crippen LogP contribution >= 0.6 is 11.3 Å². The van der Waals surface area contributed by atoms with E-state index in [4.69, 9.17) is 11.1 Å². The Morgan fingerprint density at radius 3 is 2.48 bits per heavy atom. The van der Waals surface area contributed by atoms with Crippen LogP contribution in [-0.2, 0) is 15.5 Å². The van der Waals surface area contributed by atoms with Crippen molar-refractivity contribution >= 4 is 34.9 Å². The molecular formula is C35H33F2N5O3S. The van der Waals surface area contributed by atoms with Crippen molar-refractivity contribution in [2.75, 3.05) is 13.1 Å². The summed E-state index contributed by atoms with van der Waals surface area (Å²) in [5.41, 5.74) is 8.83. The molecule has 5 N–H and O–H groups in total. The zero-order valence-electron chi connectivity index (χ0n) is 25.3. The first-order valence-corrected chi connectivity index (χ1v) is 15.8. The van der Waals surface area contributed by atoms with E-state index in [0.717, 1.165) is 16.0 Å². The van der Waals surface area contributed by atoms with Gasteiger partial charge >= 0.3 is 0 Å². The molecule has 0 bridgehead atoms. The number of hydrogen-bond acceptors (Lipinski definition) is 5. The van der Waals surface area contributed by atoms with E-state index in [9.17, 15) is 23.2 Å². The van der Waals surface area contributed by atoms with Gasteiger partial charge in [-0.15, -0.1) is 11.3 Å². The number of nitrogens with zero attached hydrogens (tertiary/aromatic N) is 1. The number of carbonyl (C=O) groups is 3. The number of hydrogen-bond donors (Lipinski definition) is 4. The number of amidine groups is 1. The molecule has 0 radical (unpaired) electrons. The fraction of sp³-hybridized carbons (Fsp3) is 0.257. The summed E-state index contributed by atoms with van der Waals surface area (Å²) in [5.74, 6) is -4.63. The largest absolute Gasteiger partial charge is 0.384 e. The van der Waals surface area contributed by atoms with Crippen molar-refractivity contribution in [2.24, 2.45) is 5.73 Å². The van der Waals surface area contributed by atoms with Crippen LogP contribution in [0.5, 0.6) is 0 Å². The summed E-state index contributed by atoms with van der Waals surface area (Å²) in [6.07, 6.45) is 0.407. The predicted octanol–water partition coefficient (Wildman–Crippen LogP) is 5.45. The smallest absolute Gasteiger partial charge is 0.299 e. The van der Waals surface area contributed by atoms with Gasteiger partial charge in [-0.3, -0.25) is 19.8 Å². The number of thiophene rings is 1. The van der Waals surface area contributed by atoms with Crippen molar-refractivity contribution < 1.29 is 23.2 Å². The molecule has 1 fully saturated rings. The molecule has 2 heterocycles. The van der Waals surface area contributed by atoms with E-state index in [2.05, 4.69) is 10.6 Å². The Morgan fingerprint density at radius 2 is 1.74 bits per heavy atom. The maximum atomic E-state index is 15.0. The van der Waals surface area contributed by atoms with Crippen LogP contribution in [0.4, 0.5) is 8.78 Å². The highest BCUT2D eigenvalue weighted by Crippen LogP contribution is 2.51. The van der Waals surface area contributed by atoms with Gasteiger partial charge < -0.3 is 21.3 Å². The summed E-state index contributed by atoms with van der Waals surface area (Å²) in [6.45, 7) is 3.75. The van der Waals surface area contributed by atoms with Gasteiger partial charge in [-0.05, 0) is 60.7 Å². The van der Waals surface area contributed by atoms with Gasteiger partial charge in [-0.2, -0.15) is 8.78 Å². The summed E-state index contributed by atoms with van der Waals surface area (Å²) < 4.78 is 30.0. The monoisotopic (exact) mass is 641 g/mol. The summed E-state index contributed by atoms with van der Waals surface area (Å²) >= 11 is 1.38. The van der Waals surface area contributed by atoms with Crippen molar-refractivity contribution in [2.45, 2.75) is 44.2 Å². The molecule has 0 spiro atoms. The Balaban J connectivity index is 1.18. The molecule has 11 heteroatoms. The lowest BCUT2D eigenvalue weighted by Crippen LogP contribution is -2.49. The molecule has 0 saturated carbocycles. The highest BCUT2D eigenvalue weighted by Gasteiger charge is 2.44. The van der Waals surface area contributed by atoms with E-state index in [1.54, 1.807) is 29.6 Å². The van der Waals surface area contributed by atoms with Crippen LogP contribution in [0.3, 0.4) is 0 Å². The van der Waals surface area contributed by atoms with Gasteiger partial charge in [0.05, 0.1) is 12.6 Å². The highest BCUT2D eigenvalue weighted by atomic mass is 32.1. The SMILES string of the molecule is Cc1ccccc1[C@H]1C[C@@H](C(=O)NC(C)c2cc(C(=N)N)cs2)N(C(=O)CNC(=O)c2ccc3c(c2)-c2ccccc2C3(F)F)C1. The molecule has 236 valence electrons. The van der Waals surface area contributed by atoms with Crippen LogP contribution < -0.4 is 16.4 Å². The Morgan fingerprint density at radius 1 is 1.02 bits per heavy atom. The minimum absolute atomic E-state index is 0.0562. The third-order valence-electron chi connectivity index (χ3n) is 8.84. The number of nitrogens with one attached hydrogen (secondary N) is 3. The summed E-state index contributed by atoms with van der Waals surface area (Å²) in [7, 11) is 0. The fourth-order valence-corrected chi connectivity index (χ4v) is 7.33. The number of nitrogens with two attached hydrogens (primary N) is 1. The Bertz CT molecular complexity index is 1870. The number of amides is 3. The lowest BCUT2D eigenvalue weighted by molar-refractivity contribution is -0.137. The van der Waals surface area contributed by atoms with E-state index >= 15 is 0 Å². The molecule has 8 nitrogen and oxygen atoms in total. The third kappa shape index (κ3) is 5.66. The van der Waals surface area contributed by atoms with E-state index < -0.39 is 23.8 Å². The maximum Gasteiger partial charge on any atom is 0.299 e. The first-order valence-electron chi connectivity index (χ1n) is 14.9. The van der Waals surface area contributed by atoms with Gasteiger partial charge in [0, 0.05) is 45.0 Å². The summed E-state index contributed by atoms with van der Waals surface area (Å²) in [4.78, 5) is 42.8. The number of rotatable bonds is 8. The predicted molar refractivity (Wildman–Crippen MR) is 173 cm³/mol. The number of benzene rings is 3. The number of halogens is 2. The molecule has 1 aliphatic heterocycles. The Labute approximate surface area is 269 Å². The second-order valence-corrected chi connectivity index (χ2v) is 12.7. The van der Waals surface area contributed by atoms with Gasteiger partial charge in [0.1, 0.15) is 11.9 Å². The minimum Gasteiger partial charge on any atom is -0.384 e. The van der Waals surface area contributed by atoms with Crippen LogP contribution in [0.15, 0.2) is 78.2 Å². The minimum atomic E-state index is -3.16. The average Bonchev–Trinajstić information content (AvgIpc) is 3.77. The molecule has 1 saturated heterocycles. The first-order chi connectivity index (χ1) is 22.0. The number of carbonyl (C=O) groups excluding carboxylic acids is 3. The molecule has 1 unspecified atom stereocenters. The van der Waals surface area contributed by atoms with Crippen LogP contribution in [0.25, 0.3) is 11.1 Å². The molecule has 4 aromatic rings. The normalized spacial score (nSPS) is 18.4. The van der Waals surface area contributed by atoms with Crippen molar-refractivity contribution in [3.05, 3.63) is 116 Å². The highest BCUT2D eigenvalue weighted by molar-refractivity contribution is 7.10. The van der Waals surface area contributed by atoms with Crippen molar-refractivity contribution in [3.8, 4) is 11.1 Å². The first kappa shape index (κ1) is 31.1. The zero-order valence-corrected chi connectivity index (χ0v) is 26.1. The molecule has 1 aliphatic carbocycles. The number of aryl methyl sites for hydroxylation is 1. The van der Waals surface area contributed by atoms with Crippen LogP contribution in [0.2, 0.25) is 0 Å². The van der Waals surface area contributed by atoms with Gasteiger partial charge in [0.2, 0.25) is 11.8 Å². The second-order valence-electron chi connectivity index (χ2n) is 11.8. The number of likely N-dealkylation sites (tertiary alicyclic amines) is 1. The summed E-state index contributed by atoms with van der Waals surface area (Å²) in [5, 5.41) is 15.1. The van der Waals surface area contributed by atoms with E-state index in [-0.39, 0.29) is 52.5 Å². The van der Waals surface area contributed by atoms with Crippen LogP contribution in [0, 0.1) is 12.3 Å². The number of alkyl halides is 2. The lowest BCUT2D eigenvalue weighted by atomic mass is 9.92. The molecule has 3 aromatic carbocycles. The summed E-state index contributed by atoms with van der Waals surface area (Å²) in [6, 6.07) is 18.7. The fourth-order valence-electron chi connectivity index (χ4n) is 6.41. The Hall–Kier alpha value is -4.90. The quantitative estimate of drug-likeness (QED) is 0.151. The van der Waals surface area contributed by atoms with Gasteiger partial charge in [0.15, 0.2) is 0 Å². The van der Waals surface area contributed by atoms with Crippen molar-refractivity contribution in [1.82, 2.24) is 15.5 Å². The van der Waals surface area contributed by atoms with Crippen LogP contribution in [-0.4, -0.2) is 47.6 Å².